The number of thiophene rings is 1. The fraction of sp³-hybridized carbons (Fsp3) is 0.118. The molecule has 2 heterocycles. The van der Waals surface area contributed by atoms with Gasteiger partial charge in [0.15, 0.2) is 0 Å². The van der Waals surface area contributed by atoms with Crippen molar-refractivity contribution >= 4 is 39.1 Å². The number of hydrazine groups is 1. The SMILES string of the molecule is Cc1noc(C)c1-c1ccc(C(=O)NNC(=O)c2ccc(Br)cc2)s1. The summed E-state index contributed by atoms with van der Waals surface area (Å²) < 4.78 is 6.03. The summed E-state index contributed by atoms with van der Waals surface area (Å²) in [5.41, 5.74) is 6.94. The van der Waals surface area contributed by atoms with Crippen LogP contribution < -0.4 is 10.9 Å². The van der Waals surface area contributed by atoms with Crippen LogP contribution in [-0.2, 0) is 0 Å². The summed E-state index contributed by atoms with van der Waals surface area (Å²) in [7, 11) is 0. The number of hydrogen-bond acceptors (Lipinski definition) is 5. The van der Waals surface area contributed by atoms with Crippen molar-refractivity contribution < 1.29 is 14.1 Å². The maximum absolute atomic E-state index is 12.2. The summed E-state index contributed by atoms with van der Waals surface area (Å²) in [6, 6.07) is 10.4. The molecular weight excluding hydrogens is 406 g/mol. The molecule has 0 unspecified atom stereocenters. The number of hydrogen-bond donors (Lipinski definition) is 2. The summed E-state index contributed by atoms with van der Waals surface area (Å²) in [6.45, 7) is 3.68. The van der Waals surface area contributed by atoms with Crippen LogP contribution in [0.2, 0.25) is 0 Å². The third kappa shape index (κ3) is 3.80. The van der Waals surface area contributed by atoms with E-state index in [1.807, 2.05) is 19.9 Å². The van der Waals surface area contributed by atoms with Crippen molar-refractivity contribution in [2.24, 2.45) is 0 Å². The highest BCUT2D eigenvalue weighted by molar-refractivity contribution is 9.10. The van der Waals surface area contributed by atoms with Gasteiger partial charge in [0.05, 0.1) is 16.1 Å². The first kappa shape index (κ1) is 17.4. The Bertz CT molecular complexity index is 912. The van der Waals surface area contributed by atoms with Gasteiger partial charge in [-0.05, 0) is 50.2 Å². The van der Waals surface area contributed by atoms with Crippen LogP contribution in [-0.4, -0.2) is 17.0 Å². The number of aromatic nitrogens is 1. The first-order valence-corrected chi connectivity index (χ1v) is 8.96. The maximum Gasteiger partial charge on any atom is 0.279 e. The monoisotopic (exact) mass is 419 g/mol. The lowest BCUT2D eigenvalue weighted by molar-refractivity contribution is 0.0849. The second-order valence-electron chi connectivity index (χ2n) is 5.28. The number of halogens is 1. The molecular formula is C17H14BrN3O3S. The standard InChI is InChI=1S/C17H14BrN3O3S/c1-9-15(10(2)24-21-9)13-7-8-14(25-13)17(23)20-19-16(22)11-3-5-12(18)6-4-11/h3-8H,1-2H3,(H,19,22)(H,20,23). The Morgan fingerprint density at radius 1 is 1.04 bits per heavy atom. The number of rotatable bonds is 3. The molecule has 3 rings (SSSR count). The van der Waals surface area contributed by atoms with E-state index in [4.69, 9.17) is 4.52 Å². The molecule has 0 fully saturated rings. The number of nitrogens with one attached hydrogen (secondary N) is 2. The third-order valence-electron chi connectivity index (χ3n) is 3.51. The normalized spacial score (nSPS) is 10.5. The zero-order chi connectivity index (χ0) is 18.0. The number of nitrogens with zero attached hydrogens (tertiary/aromatic N) is 1. The quantitative estimate of drug-likeness (QED) is 0.631. The number of aryl methyl sites for hydroxylation is 2. The first-order chi connectivity index (χ1) is 12.0. The number of amides is 2. The topological polar surface area (TPSA) is 84.2 Å². The fourth-order valence-corrected chi connectivity index (χ4v) is 3.59. The lowest BCUT2D eigenvalue weighted by atomic mass is 10.2. The van der Waals surface area contributed by atoms with Gasteiger partial charge in [-0.2, -0.15) is 0 Å². The molecule has 1 aromatic carbocycles. The Balaban J connectivity index is 1.66. The minimum atomic E-state index is -0.386. The van der Waals surface area contributed by atoms with Crippen LogP contribution in [0, 0.1) is 13.8 Å². The van der Waals surface area contributed by atoms with E-state index < -0.39 is 0 Å². The van der Waals surface area contributed by atoms with Crippen LogP contribution in [0.15, 0.2) is 45.4 Å². The molecule has 2 N–H and O–H groups in total. The van der Waals surface area contributed by atoms with Gasteiger partial charge in [-0.1, -0.05) is 21.1 Å². The molecule has 6 nitrogen and oxygen atoms in total. The lowest BCUT2D eigenvalue weighted by Gasteiger charge is -2.06. The van der Waals surface area contributed by atoms with Gasteiger partial charge in [0.2, 0.25) is 0 Å². The molecule has 0 aliphatic carbocycles. The highest BCUT2D eigenvalue weighted by Crippen LogP contribution is 2.32. The second-order valence-corrected chi connectivity index (χ2v) is 7.28. The molecule has 0 radical (unpaired) electrons. The zero-order valence-corrected chi connectivity index (χ0v) is 15.8. The molecule has 0 saturated heterocycles. The minimum absolute atomic E-state index is 0.381. The van der Waals surface area contributed by atoms with E-state index in [9.17, 15) is 9.59 Å². The van der Waals surface area contributed by atoms with Gasteiger partial charge < -0.3 is 4.52 Å². The number of carbonyl (C=O) groups excluding carboxylic acids is 2. The predicted octanol–water partition coefficient (Wildman–Crippen LogP) is 3.86. The van der Waals surface area contributed by atoms with Crippen molar-refractivity contribution in [3.63, 3.8) is 0 Å². The Labute approximate surface area is 156 Å². The van der Waals surface area contributed by atoms with Crippen LogP contribution in [0.5, 0.6) is 0 Å². The molecule has 2 aromatic heterocycles. The van der Waals surface area contributed by atoms with Gasteiger partial charge in [-0.15, -0.1) is 11.3 Å². The van der Waals surface area contributed by atoms with E-state index in [1.54, 1.807) is 30.3 Å². The van der Waals surface area contributed by atoms with Crippen LogP contribution in [0.4, 0.5) is 0 Å². The van der Waals surface area contributed by atoms with Gasteiger partial charge in [0.25, 0.3) is 11.8 Å². The first-order valence-electron chi connectivity index (χ1n) is 7.35. The molecule has 128 valence electrons. The van der Waals surface area contributed by atoms with E-state index in [-0.39, 0.29) is 11.8 Å². The largest absolute Gasteiger partial charge is 0.361 e. The van der Waals surface area contributed by atoms with Crippen molar-refractivity contribution in [2.45, 2.75) is 13.8 Å². The Morgan fingerprint density at radius 2 is 1.72 bits per heavy atom. The average Bonchev–Trinajstić information content (AvgIpc) is 3.19. The van der Waals surface area contributed by atoms with Crippen molar-refractivity contribution in [3.8, 4) is 10.4 Å². The van der Waals surface area contributed by atoms with E-state index in [0.29, 0.717) is 16.2 Å². The molecule has 0 atom stereocenters. The average molecular weight is 420 g/mol. The van der Waals surface area contributed by atoms with E-state index in [2.05, 4.69) is 31.9 Å². The summed E-state index contributed by atoms with van der Waals surface area (Å²) in [5.74, 6) is -0.0633. The molecule has 0 aliphatic rings. The van der Waals surface area contributed by atoms with Crippen LogP contribution >= 0.6 is 27.3 Å². The van der Waals surface area contributed by atoms with Gasteiger partial charge in [-0.25, -0.2) is 0 Å². The van der Waals surface area contributed by atoms with Crippen LogP contribution in [0.1, 0.15) is 31.5 Å². The van der Waals surface area contributed by atoms with Gasteiger partial charge in [0.1, 0.15) is 5.76 Å². The smallest absolute Gasteiger partial charge is 0.279 e. The molecule has 0 aliphatic heterocycles. The summed E-state index contributed by atoms with van der Waals surface area (Å²) in [6.07, 6.45) is 0. The second kappa shape index (κ2) is 7.20. The van der Waals surface area contributed by atoms with Crippen molar-refractivity contribution in [1.29, 1.82) is 0 Å². The predicted molar refractivity (Wildman–Crippen MR) is 98.4 cm³/mol. The van der Waals surface area contributed by atoms with Gasteiger partial charge >= 0.3 is 0 Å². The Morgan fingerprint density at radius 3 is 2.36 bits per heavy atom. The Kier molecular flexibility index (Phi) is 5.00. The molecule has 25 heavy (non-hydrogen) atoms. The van der Waals surface area contributed by atoms with Gasteiger partial charge in [-0.3, -0.25) is 20.4 Å². The minimum Gasteiger partial charge on any atom is -0.361 e. The molecule has 0 bridgehead atoms. The number of benzene rings is 1. The lowest BCUT2D eigenvalue weighted by Crippen LogP contribution is -2.41. The summed E-state index contributed by atoms with van der Waals surface area (Å²) in [5, 5.41) is 3.92. The van der Waals surface area contributed by atoms with E-state index >= 15 is 0 Å². The Hall–Kier alpha value is -2.45. The van der Waals surface area contributed by atoms with Gasteiger partial charge in [0, 0.05) is 14.9 Å². The van der Waals surface area contributed by atoms with E-state index in [0.717, 1.165) is 20.6 Å². The van der Waals surface area contributed by atoms with Crippen molar-refractivity contribution in [2.75, 3.05) is 0 Å². The highest BCUT2D eigenvalue weighted by atomic mass is 79.9. The van der Waals surface area contributed by atoms with Crippen molar-refractivity contribution in [3.05, 3.63) is 62.8 Å². The molecule has 3 aromatic rings. The zero-order valence-electron chi connectivity index (χ0n) is 13.4. The highest BCUT2D eigenvalue weighted by Gasteiger charge is 2.16. The molecule has 0 spiro atoms. The number of carbonyl (C=O) groups is 2. The molecule has 0 saturated carbocycles. The fourth-order valence-electron chi connectivity index (χ4n) is 2.28. The molecule has 2 amide bonds. The van der Waals surface area contributed by atoms with Crippen LogP contribution in [0.3, 0.4) is 0 Å². The summed E-state index contributed by atoms with van der Waals surface area (Å²) in [4.78, 5) is 25.6. The van der Waals surface area contributed by atoms with Crippen molar-refractivity contribution in [1.82, 2.24) is 16.0 Å². The molecule has 8 heteroatoms. The maximum atomic E-state index is 12.2. The summed E-state index contributed by atoms with van der Waals surface area (Å²) >= 11 is 4.61. The van der Waals surface area contributed by atoms with Crippen LogP contribution in [0.25, 0.3) is 10.4 Å². The third-order valence-corrected chi connectivity index (χ3v) is 5.14. The van der Waals surface area contributed by atoms with E-state index in [1.165, 1.54) is 11.3 Å².